The molecule has 0 unspecified atom stereocenters. The topological polar surface area (TPSA) is 157 Å². The van der Waals surface area contributed by atoms with Crippen LogP contribution < -0.4 is 20.7 Å². The number of amidine groups is 1. The fourth-order valence-electron chi connectivity index (χ4n) is 6.40. The molecule has 3 aromatic rings. The van der Waals surface area contributed by atoms with Gasteiger partial charge in [-0.1, -0.05) is 45.9 Å². The number of ether oxygens (including phenoxy) is 2. The largest absolute Gasteiger partial charge is 0.486 e. The zero-order valence-corrected chi connectivity index (χ0v) is 30.3. The first-order valence-corrected chi connectivity index (χ1v) is 18.0. The molecule has 2 aromatic carbocycles. The maximum Gasteiger partial charge on any atom is 0.318 e. The van der Waals surface area contributed by atoms with Gasteiger partial charge in [0.15, 0.2) is 0 Å². The van der Waals surface area contributed by atoms with Crippen LogP contribution in [0, 0.1) is 17.7 Å². The third-order valence-electron chi connectivity index (χ3n) is 9.05. The highest BCUT2D eigenvalue weighted by Gasteiger charge is 2.35. The predicted octanol–water partition coefficient (Wildman–Crippen LogP) is 3.64. The van der Waals surface area contributed by atoms with Crippen LogP contribution in [0.1, 0.15) is 46.1 Å². The molecule has 3 atom stereocenters. The van der Waals surface area contributed by atoms with Crippen molar-refractivity contribution in [2.24, 2.45) is 16.8 Å². The van der Waals surface area contributed by atoms with Crippen molar-refractivity contribution >= 4 is 40.5 Å². The molecule has 2 aliphatic heterocycles. The second-order valence-electron chi connectivity index (χ2n) is 14.1. The minimum Gasteiger partial charge on any atom is -0.486 e. The van der Waals surface area contributed by atoms with E-state index in [1.165, 1.54) is 29.2 Å². The Morgan fingerprint density at radius 3 is 2.17 bits per heavy atom. The number of hydrogen-bond acceptors (Lipinski definition) is 7. The zero-order chi connectivity index (χ0) is 37.2. The van der Waals surface area contributed by atoms with Gasteiger partial charge in [-0.05, 0) is 60.6 Å². The highest BCUT2D eigenvalue weighted by molar-refractivity contribution is 6.04. The molecule has 0 saturated carbocycles. The monoisotopic (exact) mass is 719 g/mol. The van der Waals surface area contributed by atoms with Crippen LogP contribution in [-0.4, -0.2) is 108 Å². The number of carbonyl (C=O) groups is 4. The average Bonchev–Trinajstić information content (AvgIpc) is 3.77. The predicted molar refractivity (Wildman–Crippen MR) is 195 cm³/mol. The second kappa shape index (κ2) is 18.0. The molecule has 280 valence electrons. The number of carbonyl (C=O) groups excluding carboxylic acids is 4. The first-order chi connectivity index (χ1) is 25.0. The Kier molecular flexibility index (Phi) is 13.2. The lowest BCUT2D eigenvalue weighted by Gasteiger charge is -2.31. The summed E-state index contributed by atoms with van der Waals surface area (Å²) < 4.78 is 24.6. The fourth-order valence-corrected chi connectivity index (χ4v) is 6.40. The standard InChI is InChI=1S/C38H50FN7O6/c1-24(2)19-31(42-36(48)32(20-25(3)4)44-38(50)45-15-17-51-18-16-45)35(47)43-33(21-26-22-41-30-8-6-5-7-29(26)30)37(49)46-14-13-40-34(46)23-52-28-11-9-27(39)10-12-28/h5-12,22,24-25,31-33,41H,13-21,23H2,1-4H3,(H,42,48)(H,43,47)(H,44,50)/t31-,32-,33-/m0/s1. The lowest BCUT2D eigenvalue weighted by atomic mass is 9.99. The number of aliphatic imine (C=N–C) groups is 1. The highest BCUT2D eigenvalue weighted by atomic mass is 19.1. The minimum absolute atomic E-state index is 0.0197. The lowest BCUT2D eigenvalue weighted by molar-refractivity contribution is -0.135. The summed E-state index contributed by atoms with van der Waals surface area (Å²) in [5.41, 5.74) is 1.73. The van der Waals surface area contributed by atoms with Gasteiger partial charge < -0.3 is 35.3 Å². The Bertz CT molecular complexity index is 1720. The minimum atomic E-state index is -1.01. The molecule has 0 radical (unpaired) electrons. The van der Waals surface area contributed by atoms with Crippen LogP contribution in [0.2, 0.25) is 0 Å². The number of aromatic nitrogens is 1. The number of nitrogens with one attached hydrogen (secondary N) is 4. The summed E-state index contributed by atoms with van der Waals surface area (Å²) in [5.74, 6) is -0.818. The Balaban J connectivity index is 1.34. The van der Waals surface area contributed by atoms with E-state index in [-0.39, 0.29) is 36.8 Å². The number of rotatable bonds is 15. The van der Waals surface area contributed by atoms with Crippen LogP contribution in [0.15, 0.2) is 59.7 Å². The van der Waals surface area contributed by atoms with Gasteiger partial charge in [0.05, 0.1) is 19.8 Å². The molecule has 2 aliphatic rings. The van der Waals surface area contributed by atoms with Crippen molar-refractivity contribution in [3.63, 3.8) is 0 Å². The van der Waals surface area contributed by atoms with Crippen molar-refractivity contribution in [3.8, 4) is 5.75 Å². The molecule has 5 amide bonds. The first kappa shape index (κ1) is 38.3. The van der Waals surface area contributed by atoms with Crippen molar-refractivity contribution in [2.75, 3.05) is 46.0 Å². The number of urea groups is 1. The Morgan fingerprint density at radius 1 is 0.865 bits per heavy atom. The average molecular weight is 720 g/mol. The van der Waals surface area contributed by atoms with Gasteiger partial charge >= 0.3 is 6.03 Å². The second-order valence-corrected chi connectivity index (χ2v) is 14.1. The molecule has 1 saturated heterocycles. The molecule has 1 fully saturated rings. The van der Waals surface area contributed by atoms with E-state index in [9.17, 15) is 23.6 Å². The molecule has 0 aliphatic carbocycles. The van der Waals surface area contributed by atoms with Crippen molar-refractivity contribution in [1.82, 2.24) is 30.7 Å². The molecule has 1 aromatic heterocycles. The molecule has 3 heterocycles. The maximum absolute atomic E-state index is 14.3. The van der Waals surface area contributed by atoms with Crippen LogP contribution in [-0.2, 0) is 25.5 Å². The van der Waals surface area contributed by atoms with Crippen LogP contribution in [0.25, 0.3) is 10.9 Å². The fraction of sp³-hybridized carbons (Fsp3) is 0.500. The van der Waals surface area contributed by atoms with Gasteiger partial charge in [0.25, 0.3) is 5.91 Å². The van der Waals surface area contributed by atoms with Crippen molar-refractivity contribution in [2.45, 2.75) is 65.1 Å². The number of H-pyrrole nitrogens is 1. The molecule has 4 N–H and O–H groups in total. The summed E-state index contributed by atoms with van der Waals surface area (Å²) in [6.07, 6.45) is 2.68. The van der Waals surface area contributed by atoms with Gasteiger partial charge in [-0.15, -0.1) is 0 Å². The van der Waals surface area contributed by atoms with E-state index in [2.05, 4.69) is 25.9 Å². The molecular weight excluding hydrogens is 669 g/mol. The number of nitrogens with zero attached hydrogens (tertiary/aromatic N) is 3. The van der Waals surface area contributed by atoms with E-state index in [4.69, 9.17) is 9.47 Å². The normalized spacial score (nSPS) is 16.4. The van der Waals surface area contributed by atoms with E-state index in [1.54, 1.807) is 4.90 Å². The quantitative estimate of drug-likeness (QED) is 0.188. The Labute approximate surface area is 303 Å². The third-order valence-corrected chi connectivity index (χ3v) is 9.05. The van der Waals surface area contributed by atoms with Crippen LogP contribution in [0.3, 0.4) is 0 Å². The number of fused-ring (bicyclic) bond motifs is 1. The number of morpholine rings is 1. The Hall–Kier alpha value is -4.98. The van der Waals surface area contributed by atoms with Gasteiger partial charge in [-0.3, -0.25) is 24.3 Å². The summed E-state index contributed by atoms with van der Waals surface area (Å²) in [4.78, 5) is 66.2. The lowest BCUT2D eigenvalue weighted by Crippen LogP contribution is -2.59. The third kappa shape index (κ3) is 10.3. The van der Waals surface area contributed by atoms with E-state index >= 15 is 0 Å². The van der Waals surface area contributed by atoms with E-state index in [0.717, 1.165) is 16.5 Å². The number of aromatic amines is 1. The van der Waals surface area contributed by atoms with Crippen LogP contribution >= 0.6 is 0 Å². The molecular formula is C38H50FN7O6. The molecule has 13 nitrogen and oxygen atoms in total. The van der Waals surface area contributed by atoms with Crippen molar-refractivity contribution in [3.05, 3.63) is 66.1 Å². The van der Waals surface area contributed by atoms with Gasteiger partial charge in [-0.25, -0.2) is 9.18 Å². The molecule has 52 heavy (non-hydrogen) atoms. The van der Waals surface area contributed by atoms with E-state index in [0.29, 0.717) is 63.8 Å². The number of halogens is 1. The summed E-state index contributed by atoms with van der Waals surface area (Å²) in [7, 11) is 0. The van der Waals surface area contributed by atoms with Crippen molar-refractivity contribution < 1.29 is 33.0 Å². The summed E-state index contributed by atoms with van der Waals surface area (Å²) >= 11 is 0. The molecule has 5 rings (SSSR count). The number of amides is 5. The number of hydrogen-bond donors (Lipinski definition) is 4. The number of para-hydroxylation sites is 1. The highest BCUT2D eigenvalue weighted by Crippen LogP contribution is 2.21. The van der Waals surface area contributed by atoms with E-state index in [1.807, 2.05) is 58.2 Å². The Morgan fingerprint density at radius 2 is 1.50 bits per heavy atom. The summed E-state index contributed by atoms with van der Waals surface area (Å²) in [5, 5.41) is 9.67. The molecule has 0 spiro atoms. The van der Waals surface area contributed by atoms with Crippen molar-refractivity contribution in [1.29, 1.82) is 0 Å². The van der Waals surface area contributed by atoms with Gasteiger partial charge in [0.2, 0.25) is 11.8 Å². The first-order valence-electron chi connectivity index (χ1n) is 18.0. The van der Waals surface area contributed by atoms with E-state index < -0.39 is 35.8 Å². The van der Waals surface area contributed by atoms with Gasteiger partial charge in [0.1, 0.15) is 42.1 Å². The van der Waals surface area contributed by atoms with Gasteiger partial charge in [0, 0.05) is 43.2 Å². The maximum atomic E-state index is 14.3. The number of benzene rings is 2. The SMILES string of the molecule is CC(C)C[C@H](NC(=O)[C@H](CC(C)C)NC(=O)N1CCOCC1)C(=O)N[C@@H](Cc1c[nH]c2ccccc12)C(=O)N1CCN=C1COc1ccc(F)cc1. The summed E-state index contributed by atoms with van der Waals surface area (Å²) in [6, 6.07) is 10.1. The zero-order valence-electron chi connectivity index (χ0n) is 30.3. The smallest absolute Gasteiger partial charge is 0.318 e. The molecule has 14 heteroatoms. The van der Waals surface area contributed by atoms with Crippen LogP contribution in [0.4, 0.5) is 9.18 Å². The van der Waals surface area contributed by atoms with Gasteiger partial charge in [-0.2, -0.15) is 0 Å². The van der Waals surface area contributed by atoms with Crippen LogP contribution in [0.5, 0.6) is 5.75 Å². The molecule has 0 bridgehead atoms. The summed E-state index contributed by atoms with van der Waals surface area (Å²) in [6.45, 7) is 10.1.